The van der Waals surface area contributed by atoms with Gasteiger partial charge in [0.25, 0.3) is 6.71 Å². The maximum Gasteiger partial charge on any atom is 0.252 e. The van der Waals surface area contributed by atoms with Gasteiger partial charge in [0, 0.05) is 56.9 Å². The molecule has 2 aliphatic rings. The molecule has 0 radical (unpaired) electrons. The predicted octanol–water partition coefficient (Wildman–Crippen LogP) is 20.6. The number of anilines is 12. The van der Waals surface area contributed by atoms with Crippen molar-refractivity contribution in [1.29, 1.82) is 0 Å². The van der Waals surface area contributed by atoms with Gasteiger partial charge >= 0.3 is 0 Å². The van der Waals surface area contributed by atoms with Crippen molar-refractivity contribution >= 4 is 91.3 Å². The summed E-state index contributed by atoms with van der Waals surface area (Å²) in [6, 6.07) is 66.4. The molecule has 0 unspecified atom stereocenters. The molecule has 2 aliphatic heterocycles. The summed E-state index contributed by atoms with van der Waals surface area (Å²) in [6.07, 6.45) is 4.36. The van der Waals surface area contributed by atoms with E-state index in [1.807, 2.05) is 0 Å². The standard InChI is InChI=1S/C78H87BN4/c1-18-77(16,19-2)58-30-38-63(39-31-58)80(61-34-24-50(5)25-35-61)69-48-71-65(44-56(69)11)79-66-45-57(12)70(81(62-36-26-51(6)27-37-62)64-40-32-59(33-41-64)78(17,20-3)21-4)49-72(66)83(68-43-53(8)23-29-55(68)10)74-47-60(76(13,14)15)46-73(75(74)79)82(71)67-42-52(7)22-28-54(67)9/h22-49H,18-21H2,1-17H3. The van der Waals surface area contributed by atoms with E-state index in [1.54, 1.807) is 0 Å². The molecule has 0 atom stereocenters. The first-order valence-corrected chi connectivity index (χ1v) is 30.8. The Morgan fingerprint density at radius 1 is 0.325 bits per heavy atom. The van der Waals surface area contributed by atoms with Crippen molar-refractivity contribution < 1.29 is 0 Å². The minimum Gasteiger partial charge on any atom is -0.311 e. The first kappa shape index (κ1) is 57.1. The molecule has 11 rings (SSSR count). The summed E-state index contributed by atoms with van der Waals surface area (Å²) >= 11 is 0. The van der Waals surface area contributed by atoms with Crippen molar-refractivity contribution in [1.82, 2.24) is 0 Å². The molecule has 0 fully saturated rings. The SMILES string of the molecule is CCC(C)(CC)c1ccc(N(c2ccc(C)cc2)c2cc3c(cc2C)B2c4cc(C)c(N(c5ccc(C)cc5)c5ccc(C(C)(CC)CC)cc5)cc4N(c4cc(C)ccc4C)c4cc(C(C)(C)C)cc(c42)N3c2cc(C)ccc2C)cc1. The van der Waals surface area contributed by atoms with Crippen LogP contribution in [0.2, 0.25) is 0 Å². The average molecular weight is 1090 g/mol. The van der Waals surface area contributed by atoms with E-state index >= 15 is 0 Å². The molecular weight excluding hydrogens is 1000 g/mol. The summed E-state index contributed by atoms with van der Waals surface area (Å²) in [5, 5.41) is 0. The maximum absolute atomic E-state index is 2.65. The Morgan fingerprint density at radius 2 is 0.651 bits per heavy atom. The molecule has 0 spiro atoms. The zero-order valence-corrected chi connectivity index (χ0v) is 52.9. The highest BCUT2D eigenvalue weighted by molar-refractivity contribution is 7.00. The van der Waals surface area contributed by atoms with Crippen molar-refractivity contribution in [3.8, 4) is 0 Å². The highest BCUT2D eigenvalue weighted by atomic mass is 15.2. The van der Waals surface area contributed by atoms with Gasteiger partial charge in [-0.25, -0.2) is 0 Å². The lowest BCUT2D eigenvalue weighted by Crippen LogP contribution is -2.61. The number of hydrogen-bond acceptors (Lipinski definition) is 4. The third kappa shape index (κ3) is 10.1. The summed E-state index contributed by atoms with van der Waals surface area (Å²) in [5.41, 5.74) is 32.1. The highest BCUT2D eigenvalue weighted by Crippen LogP contribution is 2.51. The zero-order chi connectivity index (χ0) is 59.0. The Bertz CT molecular complexity index is 3650. The Balaban J connectivity index is 1.24. The maximum atomic E-state index is 2.65. The van der Waals surface area contributed by atoms with Crippen LogP contribution in [0, 0.1) is 55.4 Å². The Labute approximate surface area is 498 Å². The molecule has 0 aromatic heterocycles. The smallest absolute Gasteiger partial charge is 0.252 e. The summed E-state index contributed by atoms with van der Waals surface area (Å²) < 4.78 is 0. The van der Waals surface area contributed by atoms with Crippen molar-refractivity contribution in [2.45, 2.75) is 160 Å². The van der Waals surface area contributed by atoms with E-state index in [0.717, 1.165) is 59.8 Å². The Morgan fingerprint density at radius 3 is 0.976 bits per heavy atom. The molecule has 9 aromatic carbocycles. The van der Waals surface area contributed by atoms with Gasteiger partial charge in [-0.05, 0) is 249 Å². The van der Waals surface area contributed by atoms with Crippen LogP contribution in [0.3, 0.4) is 0 Å². The van der Waals surface area contributed by atoms with Crippen LogP contribution in [0.15, 0.2) is 170 Å². The van der Waals surface area contributed by atoms with Gasteiger partial charge in [-0.1, -0.05) is 158 Å². The monoisotopic (exact) mass is 1090 g/mol. The molecule has 0 bridgehead atoms. The second-order valence-corrected chi connectivity index (χ2v) is 26.2. The predicted molar refractivity (Wildman–Crippen MR) is 362 cm³/mol. The Hall–Kier alpha value is -7.76. The summed E-state index contributed by atoms with van der Waals surface area (Å²) in [7, 11) is 0. The number of rotatable bonds is 14. The molecule has 83 heavy (non-hydrogen) atoms. The van der Waals surface area contributed by atoms with Gasteiger partial charge < -0.3 is 19.6 Å². The lowest BCUT2D eigenvalue weighted by molar-refractivity contribution is 0.439. The van der Waals surface area contributed by atoms with Crippen LogP contribution in [0.4, 0.5) is 68.2 Å². The largest absolute Gasteiger partial charge is 0.311 e. The third-order valence-corrected chi connectivity index (χ3v) is 19.6. The fraction of sp³-hybridized carbons (Fsp3) is 0.308. The fourth-order valence-corrected chi connectivity index (χ4v) is 13.2. The van der Waals surface area contributed by atoms with E-state index in [1.165, 1.54) is 112 Å². The number of fused-ring (bicyclic) bond motifs is 4. The molecular formula is C78H87BN4. The van der Waals surface area contributed by atoms with Crippen LogP contribution >= 0.6 is 0 Å². The quantitative estimate of drug-likeness (QED) is 0.101. The minimum atomic E-state index is -0.181. The van der Waals surface area contributed by atoms with Crippen LogP contribution in [0.5, 0.6) is 0 Å². The Kier molecular flexibility index (Phi) is 15.0. The number of hydrogen-bond donors (Lipinski definition) is 0. The molecule has 4 nitrogen and oxygen atoms in total. The van der Waals surface area contributed by atoms with Gasteiger partial charge in [0.05, 0.1) is 11.4 Å². The molecule has 9 aromatic rings. The topological polar surface area (TPSA) is 13.0 Å². The van der Waals surface area contributed by atoms with Crippen LogP contribution in [-0.2, 0) is 16.2 Å². The molecule has 0 aliphatic carbocycles. The number of nitrogens with zero attached hydrogens (tertiary/aromatic N) is 4. The molecule has 0 saturated carbocycles. The van der Waals surface area contributed by atoms with Crippen LogP contribution < -0.4 is 36.0 Å². The third-order valence-electron chi connectivity index (χ3n) is 19.6. The van der Waals surface area contributed by atoms with Crippen LogP contribution in [0.1, 0.15) is 149 Å². The second kappa shape index (κ2) is 21.8. The highest BCUT2D eigenvalue weighted by Gasteiger charge is 2.46. The van der Waals surface area contributed by atoms with Gasteiger partial charge in [0.15, 0.2) is 0 Å². The van der Waals surface area contributed by atoms with Gasteiger partial charge in [0.1, 0.15) is 0 Å². The molecule has 2 heterocycles. The molecule has 0 N–H and O–H groups in total. The van der Waals surface area contributed by atoms with Crippen molar-refractivity contribution in [3.05, 3.63) is 231 Å². The van der Waals surface area contributed by atoms with E-state index in [-0.39, 0.29) is 23.0 Å². The molecule has 0 saturated heterocycles. The second-order valence-electron chi connectivity index (χ2n) is 26.2. The van der Waals surface area contributed by atoms with Gasteiger partial charge in [-0.2, -0.15) is 0 Å². The van der Waals surface area contributed by atoms with Crippen molar-refractivity contribution in [2.75, 3.05) is 19.6 Å². The van der Waals surface area contributed by atoms with E-state index in [9.17, 15) is 0 Å². The lowest BCUT2D eigenvalue weighted by Gasteiger charge is -2.46. The summed E-state index contributed by atoms with van der Waals surface area (Å²) in [4.78, 5) is 10.3. The average Bonchev–Trinajstić information content (AvgIpc) is 0.949. The van der Waals surface area contributed by atoms with Gasteiger partial charge in [0.2, 0.25) is 0 Å². The normalized spacial score (nSPS) is 13.0. The van der Waals surface area contributed by atoms with E-state index in [4.69, 9.17) is 0 Å². The van der Waals surface area contributed by atoms with E-state index in [0.29, 0.717) is 0 Å². The minimum absolute atomic E-state index is 0.0944. The zero-order valence-electron chi connectivity index (χ0n) is 52.9. The first-order chi connectivity index (χ1) is 39.6. The molecule has 0 amide bonds. The van der Waals surface area contributed by atoms with Crippen molar-refractivity contribution in [2.24, 2.45) is 0 Å². The van der Waals surface area contributed by atoms with E-state index < -0.39 is 0 Å². The van der Waals surface area contributed by atoms with Crippen LogP contribution in [-0.4, -0.2) is 6.71 Å². The molecule has 5 heteroatoms. The number of benzene rings is 9. The lowest BCUT2D eigenvalue weighted by atomic mass is 9.33. The molecule has 422 valence electrons. The van der Waals surface area contributed by atoms with Crippen molar-refractivity contribution in [3.63, 3.8) is 0 Å². The number of aryl methyl sites for hydroxylation is 8. The fourth-order valence-electron chi connectivity index (χ4n) is 13.2. The van der Waals surface area contributed by atoms with E-state index in [2.05, 4.69) is 307 Å². The van der Waals surface area contributed by atoms with Crippen LogP contribution in [0.25, 0.3) is 0 Å². The van der Waals surface area contributed by atoms with Gasteiger partial charge in [-0.3, -0.25) is 0 Å². The summed E-state index contributed by atoms with van der Waals surface area (Å²) in [5.74, 6) is 0. The first-order valence-electron chi connectivity index (χ1n) is 30.8. The summed E-state index contributed by atoms with van der Waals surface area (Å²) in [6.45, 7) is 39.2. The van der Waals surface area contributed by atoms with Gasteiger partial charge in [-0.15, -0.1) is 0 Å².